The van der Waals surface area contributed by atoms with Crippen LogP contribution in [0.3, 0.4) is 0 Å². The van der Waals surface area contributed by atoms with Gasteiger partial charge in [0.15, 0.2) is 6.29 Å². The second kappa shape index (κ2) is 4.57. The first-order valence-electron chi connectivity index (χ1n) is 4.73. The Morgan fingerprint density at radius 1 is 1.50 bits per heavy atom. The topological polar surface area (TPSA) is 65.2 Å². The first-order chi connectivity index (χ1) is 7.79. The van der Waals surface area contributed by atoms with Gasteiger partial charge in [-0.2, -0.15) is 0 Å². The van der Waals surface area contributed by atoms with Crippen molar-refractivity contribution >= 4 is 6.29 Å². The van der Waals surface area contributed by atoms with E-state index in [0.29, 0.717) is 24.3 Å². The average Bonchev–Trinajstić information content (AvgIpc) is 2.80. The van der Waals surface area contributed by atoms with Gasteiger partial charge in [-0.1, -0.05) is 5.16 Å². The van der Waals surface area contributed by atoms with Gasteiger partial charge in [-0.05, 0) is 19.1 Å². The molecule has 0 unspecified atom stereocenters. The van der Waals surface area contributed by atoms with Crippen LogP contribution in [0.5, 0.6) is 5.75 Å². The Kier molecular flexibility index (Phi) is 2.95. The highest BCUT2D eigenvalue weighted by molar-refractivity contribution is 5.76. The highest BCUT2D eigenvalue weighted by Gasteiger charge is 2.05. The lowest BCUT2D eigenvalue weighted by atomic mass is 10.3. The van der Waals surface area contributed by atoms with Crippen LogP contribution in [0, 0.1) is 6.92 Å². The third-order valence-corrected chi connectivity index (χ3v) is 2.01. The Hall–Kier alpha value is -2.17. The lowest BCUT2D eigenvalue weighted by Gasteiger charge is -2.06. The van der Waals surface area contributed by atoms with E-state index in [-0.39, 0.29) is 0 Å². The van der Waals surface area contributed by atoms with Gasteiger partial charge in [0.25, 0.3) is 0 Å². The van der Waals surface area contributed by atoms with Crippen molar-refractivity contribution in [2.24, 2.45) is 0 Å². The van der Waals surface area contributed by atoms with E-state index >= 15 is 0 Å². The molecule has 0 aliphatic carbocycles. The number of nitrogens with zero attached hydrogens (tertiary/aromatic N) is 2. The molecule has 2 aromatic heterocycles. The minimum Gasteiger partial charge on any atom is -0.486 e. The van der Waals surface area contributed by atoms with Gasteiger partial charge in [0.1, 0.15) is 24.3 Å². The molecule has 0 N–H and O–H groups in total. The van der Waals surface area contributed by atoms with E-state index in [1.165, 1.54) is 6.26 Å². The molecule has 0 spiro atoms. The van der Waals surface area contributed by atoms with Crippen LogP contribution in [-0.2, 0) is 6.61 Å². The molecular formula is C11H10N2O3. The molecule has 82 valence electrons. The summed E-state index contributed by atoms with van der Waals surface area (Å²) in [6.45, 7) is 2.12. The van der Waals surface area contributed by atoms with Crippen LogP contribution in [0.4, 0.5) is 0 Å². The van der Waals surface area contributed by atoms with Gasteiger partial charge in [0.05, 0.1) is 6.20 Å². The molecule has 0 fully saturated rings. The summed E-state index contributed by atoms with van der Waals surface area (Å²) in [7, 11) is 0. The van der Waals surface area contributed by atoms with Crippen LogP contribution >= 0.6 is 0 Å². The molecule has 2 rings (SSSR count). The number of pyridine rings is 1. The summed E-state index contributed by atoms with van der Waals surface area (Å²) in [4.78, 5) is 14.8. The number of aryl methyl sites for hydroxylation is 1. The summed E-state index contributed by atoms with van der Waals surface area (Å²) < 4.78 is 10.1. The van der Waals surface area contributed by atoms with Crippen molar-refractivity contribution in [3.05, 3.63) is 41.5 Å². The Morgan fingerprint density at radius 3 is 3.06 bits per heavy atom. The fourth-order valence-electron chi connectivity index (χ4n) is 1.23. The Balaban J connectivity index is 2.12. The van der Waals surface area contributed by atoms with E-state index in [0.717, 1.165) is 11.3 Å². The first-order valence-corrected chi connectivity index (χ1v) is 4.73. The Morgan fingerprint density at radius 2 is 2.38 bits per heavy atom. The maximum Gasteiger partial charge on any atom is 0.172 e. The summed E-state index contributed by atoms with van der Waals surface area (Å²) in [5.74, 6) is 0.460. The smallest absolute Gasteiger partial charge is 0.172 e. The van der Waals surface area contributed by atoms with Crippen LogP contribution in [0.15, 0.2) is 29.1 Å². The van der Waals surface area contributed by atoms with E-state index in [1.807, 2.05) is 6.92 Å². The number of hydrogen-bond donors (Lipinski definition) is 0. The van der Waals surface area contributed by atoms with Crippen LogP contribution in [0.2, 0.25) is 0 Å². The van der Waals surface area contributed by atoms with Gasteiger partial charge in [-0.15, -0.1) is 0 Å². The van der Waals surface area contributed by atoms with Crippen molar-refractivity contribution in [1.29, 1.82) is 0 Å². The predicted molar refractivity (Wildman–Crippen MR) is 55.2 cm³/mol. The van der Waals surface area contributed by atoms with Crippen molar-refractivity contribution < 1.29 is 14.1 Å². The van der Waals surface area contributed by atoms with E-state index in [2.05, 4.69) is 14.7 Å². The molecule has 0 aromatic carbocycles. The van der Waals surface area contributed by atoms with Crippen molar-refractivity contribution in [3.8, 4) is 5.75 Å². The molecule has 2 aromatic rings. The molecule has 2 heterocycles. The molecule has 0 radical (unpaired) electrons. The second-order valence-corrected chi connectivity index (χ2v) is 3.28. The molecule has 0 saturated heterocycles. The monoisotopic (exact) mass is 218 g/mol. The van der Waals surface area contributed by atoms with Crippen LogP contribution in [-0.4, -0.2) is 16.4 Å². The SMILES string of the molecule is Cc1ccc(OCc2cnoc2)c(C=O)n1. The van der Waals surface area contributed by atoms with Gasteiger partial charge in [-0.25, -0.2) is 4.98 Å². The molecule has 0 saturated carbocycles. The van der Waals surface area contributed by atoms with Crippen LogP contribution < -0.4 is 4.74 Å². The van der Waals surface area contributed by atoms with Gasteiger partial charge in [0.2, 0.25) is 0 Å². The average molecular weight is 218 g/mol. The number of rotatable bonds is 4. The molecule has 5 heteroatoms. The number of hydrogen-bond acceptors (Lipinski definition) is 5. The minimum atomic E-state index is 0.301. The van der Waals surface area contributed by atoms with Crippen molar-refractivity contribution in [2.75, 3.05) is 0 Å². The lowest BCUT2D eigenvalue weighted by molar-refractivity contribution is 0.111. The summed E-state index contributed by atoms with van der Waals surface area (Å²) in [5.41, 5.74) is 1.88. The highest BCUT2D eigenvalue weighted by Crippen LogP contribution is 2.16. The van der Waals surface area contributed by atoms with Gasteiger partial charge in [-0.3, -0.25) is 4.79 Å². The number of aldehydes is 1. The zero-order valence-corrected chi connectivity index (χ0v) is 8.71. The van der Waals surface area contributed by atoms with E-state index in [1.54, 1.807) is 18.3 Å². The predicted octanol–water partition coefficient (Wildman–Crippen LogP) is 1.77. The minimum absolute atomic E-state index is 0.301. The largest absolute Gasteiger partial charge is 0.486 e. The third kappa shape index (κ3) is 2.25. The van der Waals surface area contributed by atoms with Crippen molar-refractivity contribution in [1.82, 2.24) is 10.1 Å². The maximum absolute atomic E-state index is 10.8. The molecule has 5 nitrogen and oxygen atoms in total. The summed E-state index contributed by atoms with van der Waals surface area (Å²) >= 11 is 0. The molecular weight excluding hydrogens is 208 g/mol. The fourth-order valence-corrected chi connectivity index (χ4v) is 1.23. The molecule has 0 aliphatic heterocycles. The van der Waals surface area contributed by atoms with Gasteiger partial charge >= 0.3 is 0 Å². The molecule has 0 bridgehead atoms. The lowest BCUT2D eigenvalue weighted by Crippen LogP contribution is -2.00. The van der Waals surface area contributed by atoms with Crippen LogP contribution in [0.25, 0.3) is 0 Å². The second-order valence-electron chi connectivity index (χ2n) is 3.28. The quantitative estimate of drug-likeness (QED) is 0.731. The number of aromatic nitrogens is 2. The molecule has 0 aliphatic rings. The van der Waals surface area contributed by atoms with Crippen molar-refractivity contribution in [3.63, 3.8) is 0 Å². The summed E-state index contributed by atoms with van der Waals surface area (Å²) in [5, 5.41) is 3.55. The summed E-state index contributed by atoms with van der Waals surface area (Å²) in [6.07, 6.45) is 3.72. The summed E-state index contributed by atoms with van der Waals surface area (Å²) in [6, 6.07) is 3.51. The number of ether oxygens (including phenoxy) is 1. The zero-order valence-electron chi connectivity index (χ0n) is 8.71. The number of carbonyl (C=O) groups is 1. The molecule has 16 heavy (non-hydrogen) atoms. The van der Waals surface area contributed by atoms with E-state index in [4.69, 9.17) is 4.74 Å². The maximum atomic E-state index is 10.8. The molecule has 0 amide bonds. The van der Waals surface area contributed by atoms with Gasteiger partial charge in [0, 0.05) is 11.3 Å². The van der Waals surface area contributed by atoms with Crippen molar-refractivity contribution in [2.45, 2.75) is 13.5 Å². The Bertz CT molecular complexity index is 480. The highest BCUT2D eigenvalue weighted by atomic mass is 16.5. The first kappa shape index (κ1) is 10.4. The number of carbonyl (C=O) groups excluding carboxylic acids is 1. The van der Waals surface area contributed by atoms with E-state index in [9.17, 15) is 4.79 Å². The van der Waals surface area contributed by atoms with Gasteiger partial charge < -0.3 is 9.26 Å². The molecule has 0 atom stereocenters. The van der Waals surface area contributed by atoms with Crippen LogP contribution in [0.1, 0.15) is 21.7 Å². The van der Waals surface area contributed by atoms with E-state index < -0.39 is 0 Å². The zero-order chi connectivity index (χ0) is 11.4. The Labute approximate surface area is 92.0 Å². The standard InChI is InChI=1S/C11H10N2O3/c1-8-2-3-11(10(5-14)13-8)15-6-9-4-12-16-7-9/h2-5,7H,6H2,1H3. The normalized spacial score (nSPS) is 10.1. The third-order valence-electron chi connectivity index (χ3n) is 2.01. The fraction of sp³-hybridized carbons (Fsp3) is 0.182.